The molecule has 2 heterocycles. The Bertz CT molecular complexity index is 799. The standard InChI is InChI=1S/C21H31NO5S/c1-15(2)19-7-6-16(3)11-20(19)27-13-21(23)22(12-18-5-4-9-26-18)17-8-10-28(24,25)14-17/h6-7,11,15,17-18H,4-5,8-10,12-14H2,1-3H3/t17-,18+/m1/s1. The van der Waals surface area contributed by atoms with Crippen molar-refractivity contribution in [2.45, 2.75) is 58.1 Å². The lowest BCUT2D eigenvalue weighted by atomic mass is 10.0. The largest absolute Gasteiger partial charge is 0.483 e. The van der Waals surface area contributed by atoms with E-state index in [1.165, 1.54) is 0 Å². The van der Waals surface area contributed by atoms with Gasteiger partial charge in [-0.2, -0.15) is 0 Å². The summed E-state index contributed by atoms with van der Waals surface area (Å²) in [6.07, 6.45) is 2.35. The average Bonchev–Trinajstić information content (AvgIpc) is 3.26. The Labute approximate surface area is 168 Å². The Kier molecular flexibility index (Phi) is 6.65. The topological polar surface area (TPSA) is 72.9 Å². The first-order valence-corrected chi connectivity index (χ1v) is 11.9. The van der Waals surface area contributed by atoms with E-state index in [9.17, 15) is 13.2 Å². The van der Waals surface area contributed by atoms with Crippen LogP contribution in [-0.4, -0.2) is 62.6 Å². The molecule has 2 aliphatic heterocycles. The van der Waals surface area contributed by atoms with Crippen molar-refractivity contribution in [3.05, 3.63) is 29.3 Å². The van der Waals surface area contributed by atoms with Crippen molar-refractivity contribution in [1.29, 1.82) is 0 Å². The lowest BCUT2D eigenvalue weighted by molar-refractivity contribution is -0.137. The molecule has 2 aliphatic rings. The monoisotopic (exact) mass is 409 g/mol. The summed E-state index contributed by atoms with van der Waals surface area (Å²) >= 11 is 0. The van der Waals surface area contributed by atoms with Crippen LogP contribution in [0.1, 0.15) is 50.2 Å². The van der Waals surface area contributed by atoms with E-state index in [-0.39, 0.29) is 42.1 Å². The average molecular weight is 410 g/mol. The molecule has 0 radical (unpaired) electrons. The minimum Gasteiger partial charge on any atom is -0.483 e. The number of carbonyl (C=O) groups is 1. The molecule has 156 valence electrons. The van der Waals surface area contributed by atoms with Crippen LogP contribution in [0.5, 0.6) is 5.75 Å². The summed E-state index contributed by atoms with van der Waals surface area (Å²) < 4.78 is 35.5. The SMILES string of the molecule is Cc1ccc(C(C)C)c(OCC(=O)N(C[C@@H]2CCCO2)[C@@H]2CCS(=O)(=O)C2)c1. The van der Waals surface area contributed by atoms with Crippen molar-refractivity contribution in [2.75, 3.05) is 31.3 Å². The van der Waals surface area contributed by atoms with E-state index in [4.69, 9.17) is 9.47 Å². The normalized spacial score (nSPS) is 23.9. The fraction of sp³-hybridized carbons (Fsp3) is 0.667. The van der Waals surface area contributed by atoms with Crippen LogP contribution in [0.25, 0.3) is 0 Å². The Morgan fingerprint density at radius 3 is 2.71 bits per heavy atom. The molecule has 0 N–H and O–H groups in total. The second kappa shape index (κ2) is 8.82. The van der Waals surface area contributed by atoms with Crippen molar-refractivity contribution in [3.63, 3.8) is 0 Å². The summed E-state index contributed by atoms with van der Waals surface area (Å²) in [5.74, 6) is 1.01. The van der Waals surface area contributed by atoms with Gasteiger partial charge in [-0.15, -0.1) is 0 Å². The zero-order chi connectivity index (χ0) is 20.3. The number of sulfone groups is 1. The quantitative estimate of drug-likeness (QED) is 0.692. The highest BCUT2D eigenvalue weighted by Gasteiger charge is 2.36. The van der Waals surface area contributed by atoms with Gasteiger partial charge in [0.1, 0.15) is 5.75 Å². The van der Waals surface area contributed by atoms with Crippen molar-refractivity contribution in [1.82, 2.24) is 4.90 Å². The number of amides is 1. The molecule has 0 aromatic heterocycles. The molecule has 0 aliphatic carbocycles. The number of carbonyl (C=O) groups excluding carboxylic acids is 1. The van der Waals surface area contributed by atoms with E-state index in [0.29, 0.717) is 19.6 Å². The van der Waals surface area contributed by atoms with E-state index in [1.807, 2.05) is 25.1 Å². The first-order valence-electron chi connectivity index (χ1n) is 10.1. The highest BCUT2D eigenvalue weighted by atomic mass is 32.2. The van der Waals surface area contributed by atoms with Gasteiger partial charge in [-0.3, -0.25) is 4.79 Å². The molecular weight excluding hydrogens is 378 g/mol. The third kappa shape index (κ3) is 5.26. The molecule has 2 atom stereocenters. The van der Waals surface area contributed by atoms with Gasteiger partial charge < -0.3 is 14.4 Å². The summed E-state index contributed by atoms with van der Waals surface area (Å²) in [7, 11) is -3.07. The first-order chi connectivity index (χ1) is 13.2. The maximum atomic E-state index is 13.0. The molecule has 3 rings (SSSR count). The summed E-state index contributed by atoms with van der Waals surface area (Å²) in [4.78, 5) is 14.7. The van der Waals surface area contributed by atoms with E-state index in [1.54, 1.807) is 4.90 Å². The van der Waals surface area contributed by atoms with Crippen LogP contribution >= 0.6 is 0 Å². The number of hydrogen-bond acceptors (Lipinski definition) is 5. The van der Waals surface area contributed by atoms with Crippen LogP contribution in [0.2, 0.25) is 0 Å². The Balaban J connectivity index is 1.71. The Morgan fingerprint density at radius 2 is 2.11 bits per heavy atom. The molecule has 7 heteroatoms. The number of ether oxygens (including phenoxy) is 2. The number of benzene rings is 1. The van der Waals surface area contributed by atoms with Crippen LogP contribution in [0.4, 0.5) is 0 Å². The van der Waals surface area contributed by atoms with Gasteiger partial charge in [0.25, 0.3) is 5.91 Å². The van der Waals surface area contributed by atoms with Gasteiger partial charge in [0.2, 0.25) is 0 Å². The minimum atomic E-state index is -3.07. The fourth-order valence-corrected chi connectivity index (χ4v) is 5.68. The molecule has 1 amide bonds. The zero-order valence-electron chi connectivity index (χ0n) is 17.0. The third-order valence-electron chi connectivity index (χ3n) is 5.54. The van der Waals surface area contributed by atoms with Gasteiger partial charge in [-0.05, 0) is 49.3 Å². The lowest BCUT2D eigenvalue weighted by Crippen LogP contribution is -2.47. The van der Waals surface area contributed by atoms with Crippen LogP contribution in [-0.2, 0) is 19.4 Å². The van der Waals surface area contributed by atoms with Gasteiger partial charge >= 0.3 is 0 Å². The van der Waals surface area contributed by atoms with Crippen LogP contribution < -0.4 is 4.74 Å². The molecule has 0 saturated carbocycles. The fourth-order valence-electron chi connectivity index (χ4n) is 3.95. The number of nitrogens with zero attached hydrogens (tertiary/aromatic N) is 1. The van der Waals surface area contributed by atoms with E-state index < -0.39 is 9.84 Å². The summed E-state index contributed by atoms with van der Waals surface area (Å²) in [5, 5.41) is 0. The molecule has 0 unspecified atom stereocenters. The highest BCUT2D eigenvalue weighted by Crippen LogP contribution is 2.28. The highest BCUT2D eigenvalue weighted by molar-refractivity contribution is 7.91. The molecule has 6 nitrogen and oxygen atoms in total. The van der Waals surface area contributed by atoms with Crippen molar-refractivity contribution in [2.24, 2.45) is 0 Å². The Morgan fingerprint density at radius 1 is 1.32 bits per heavy atom. The summed E-state index contributed by atoms with van der Waals surface area (Å²) in [6, 6.07) is 5.74. The van der Waals surface area contributed by atoms with Crippen molar-refractivity contribution < 1.29 is 22.7 Å². The van der Waals surface area contributed by atoms with Crippen molar-refractivity contribution in [3.8, 4) is 5.75 Å². The number of hydrogen-bond donors (Lipinski definition) is 0. The lowest BCUT2D eigenvalue weighted by Gasteiger charge is -2.30. The summed E-state index contributed by atoms with van der Waals surface area (Å²) in [5.41, 5.74) is 2.14. The molecule has 0 spiro atoms. The molecular formula is C21H31NO5S. The Hall–Kier alpha value is -1.60. The summed E-state index contributed by atoms with van der Waals surface area (Å²) in [6.45, 7) is 7.22. The smallest absolute Gasteiger partial charge is 0.260 e. The first kappa shape index (κ1) is 21.1. The van der Waals surface area contributed by atoms with Gasteiger partial charge in [-0.1, -0.05) is 26.0 Å². The van der Waals surface area contributed by atoms with Gasteiger partial charge in [0, 0.05) is 19.2 Å². The van der Waals surface area contributed by atoms with Crippen LogP contribution in [0.3, 0.4) is 0 Å². The van der Waals surface area contributed by atoms with E-state index in [2.05, 4.69) is 13.8 Å². The van der Waals surface area contributed by atoms with E-state index >= 15 is 0 Å². The number of rotatable bonds is 7. The maximum Gasteiger partial charge on any atom is 0.260 e. The molecule has 0 bridgehead atoms. The maximum absolute atomic E-state index is 13.0. The molecule has 1 aromatic rings. The van der Waals surface area contributed by atoms with Gasteiger partial charge in [0.15, 0.2) is 16.4 Å². The second-order valence-corrected chi connectivity index (χ2v) is 10.5. The van der Waals surface area contributed by atoms with Crippen LogP contribution in [0, 0.1) is 6.92 Å². The predicted molar refractivity (Wildman–Crippen MR) is 109 cm³/mol. The van der Waals surface area contributed by atoms with Gasteiger partial charge in [-0.25, -0.2) is 8.42 Å². The predicted octanol–water partition coefficient (Wildman–Crippen LogP) is 2.69. The minimum absolute atomic E-state index is 0.0163. The third-order valence-corrected chi connectivity index (χ3v) is 7.29. The van der Waals surface area contributed by atoms with Crippen molar-refractivity contribution >= 4 is 15.7 Å². The van der Waals surface area contributed by atoms with Crippen LogP contribution in [0.15, 0.2) is 18.2 Å². The van der Waals surface area contributed by atoms with E-state index in [0.717, 1.165) is 29.7 Å². The second-order valence-electron chi connectivity index (χ2n) is 8.22. The number of aryl methyl sites for hydroxylation is 1. The molecule has 1 aromatic carbocycles. The zero-order valence-corrected chi connectivity index (χ0v) is 17.8. The molecule has 28 heavy (non-hydrogen) atoms. The van der Waals surface area contributed by atoms with Gasteiger partial charge in [0.05, 0.1) is 17.6 Å². The molecule has 2 saturated heterocycles. The molecule has 2 fully saturated rings.